The van der Waals surface area contributed by atoms with Crippen LogP contribution in [-0.4, -0.2) is 37.2 Å². The van der Waals surface area contributed by atoms with Crippen LogP contribution in [0.3, 0.4) is 0 Å². The lowest BCUT2D eigenvalue weighted by molar-refractivity contribution is -0.0390. The summed E-state index contributed by atoms with van der Waals surface area (Å²) < 4.78 is 32.1. The lowest BCUT2D eigenvalue weighted by atomic mass is 9.96. The molecule has 2 aromatic rings. The first-order valence-electron chi connectivity index (χ1n) is 8.21. The summed E-state index contributed by atoms with van der Waals surface area (Å²) in [6.45, 7) is 2.63. The number of nitrogens with zero attached hydrogens (tertiary/aromatic N) is 1. The van der Waals surface area contributed by atoms with Gasteiger partial charge in [-0.25, -0.2) is 8.78 Å². The second-order valence-electron chi connectivity index (χ2n) is 6.12. The predicted octanol–water partition coefficient (Wildman–Crippen LogP) is 2.91. The second-order valence-corrected chi connectivity index (χ2v) is 6.12. The molecular weight excluding hydrogens is 310 g/mol. The van der Waals surface area contributed by atoms with Crippen molar-refractivity contribution in [1.82, 2.24) is 4.90 Å². The molecule has 0 amide bonds. The zero-order valence-corrected chi connectivity index (χ0v) is 13.5. The fourth-order valence-corrected chi connectivity index (χ4v) is 3.15. The third-order valence-corrected chi connectivity index (χ3v) is 4.47. The van der Waals surface area contributed by atoms with Crippen LogP contribution in [0, 0.1) is 11.6 Å². The van der Waals surface area contributed by atoms with Crippen molar-refractivity contribution in [3.63, 3.8) is 0 Å². The molecule has 2 atom stereocenters. The van der Waals surface area contributed by atoms with E-state index < -0.39 is 0 Å². The van der Waals surface area contributed by atoms with Crippen molar-refractivity contribution < 1.29 is 13.5 Å². The van der Waals surface area contributed by atoms with Gasteiger partial charge in [0.15, 0.2) is 0 Å². The van der Waals surface area contributed by atoms with E-state index in [1.807, 2.05) is 12.1 Å². The van der Waals surface area contributed by atoms with Crippen LogP contribution in [-0.2, 0) is 11.2 Å². The molecule has 0 aromatic heterocycles. The largest absolute Gasteiger partial charge is 0.374 e. The van der Waals surface area contributed by atoms with Crippen LogP contribution in [0.25, 0.3) is 0 Å². The van der Waals surface area contributed by atoms with Gasteiger partial charge in [0.05, 0.1) is 12.7 Å². The smallest absolute Gasteiger partial charge is 0.123 e. The standard InChI is InChI=1S/C19H22F2N2O/c20-16-5-1-14(2-6-16)11-19(15-3-7-17(21)8-4-15)23-9-10-24-18(12-22)13-23/h1-8,18-19H,9-13,22H2. The Labute approximate surface area is 141 Å². The first-order chi connectivity index (χ1) is 11.7. The van der Waals surface area contributed by atoms with Crippen molar-refractivity contribution in [2.45, 2.75) is 18.6 Å². The molecule has 2 aromatic carbocycles. The van der Waals surface area contributed by atoms with Crippen LogP contribution in [0.1, 0.15) is 17.2 Å². The molecule has 24 heavy (non-hydrogen) atoms. The second kappa shape index (κ2) is 7.83. The van der Waals surface area contributed by atoms with Crippen molar-refractivity contribution >= 4 is 0 Å². The van der Waals surface area contributed by atoms with Crippen molar-refractivity contribution in [2.24, 2.45) is 5.73 Å². The van der Waals surface area contributed by atoms with Gasteiger partial charge >= 0.3 is 0 Å². The molecule has 3 nitrogen and oxygen atoms in total. The molecule has 5 heteroatoms. The average molecular weight is 332 g/mol. The van der Waals surface area contributed by atoms with E-state index in [0.29, 0.717) is 13.2 Å². The monoisotopic (exact) mass is 332 g/mol. The number of nitrogens with two attached hydrogens (primary N) is 1. The molecule has 128 valence electrons. The zero-order valence-electron chi connectivity index (χ0n) is 13.5. The number of ether oxygens (including phenoxy) is 1. The summed E-state index contributed by atoms with van der Waals surface area (Å²) in [5.41, 5.74) is 7.83. The number of halogens is 2. The highest BCUT2D eigenvalue weighted by Crippen LogP contribution is 2.27. The molecule has 2 unspecified atom stereocenters. The van der Waals surface area contributed by atoms with Crippen LogP contribution in [0.5, 0.6) is 0 Å². The molecule has 0 saturated carbocycles. The van der Waals surface area contributed by atoms with E-state index >= 15 is 0 Å². The van der Waals surface area contributed by atoms with Crippen LogP contribution in [0.4, 0.5) is 8.78 Å². The minimum Gasteiger partial charge on any atom is -0.374 e. The van der Waals surface area contributed by atoms with Gasteiger partial charge < -0.3 is 10.5 Å². The van der Waals surface area contributed by atoms with Gasteiger partial charge in [0.25, 0.3) is 0 Å². The van der Waals surface area contributed by atoms with Crippen LogP contribution in [0.15, 0.2) is 48.5 Å². The van der Waals surface area contributed by atoms with Gasteiger partial charge in [-0.1, -0.05) is 24.3 Å². The third kappa shape index (κ3) is 4.17. The van der Waals surface area contributed by atoms with Crippen LogP contribution < -0.4 is 5.73 Å². The highest BCUT2D eigenvalue weighted by atomic mass is 19.1. The number of morpholine rings is 1. The minimum absolute atomic E-state index is 0.00918. The number of hydrogen-bond acceptors (Lipinski definition) is 3. The Morgan fingerprint density at radius 3 is 2.29 bits per heavy atom. The van der Waals surface area contributed by atoms with Gasteiger partial charge in [0.2, 0.25) is 0 Å². The molecule has 3 rings (SSSR count). The Morgan fingerprint density at radius 1 is 1.04 bits per heavy atom. The van der Waals surface area contributed by atoms with Gasteiger partial charge in [-0.2, -0.15) is 0 Å². The molecular formula is C19H22F2N2O. The van der Waals surface area contributed by atoms with E-state index in [-0.39, 0.29) is 23.8 Å². The number of benzene rings is 2. The maximum Gasteiger partial charge on any atom is 0.123 e. The number of rotatable bonds is 5. The highest BCUT2D eigenvalue weighted by Gasteiger charge is 2.27. The molecule has 2 N–H and O–H groups in total. The van der Waals surface area contributed by atoms with E-state index in [4.69, 9.17) is 10.5 Å². The molecule has 0 bridgehead atoms. The van der Waals surface area contributed by atoms with E-state index in [2.05, 4.69) is 4.90 Å². The fourth-order valence-electron chi connectivity index (χ4n) is 3.15. The molecule has 1 aliphatic heterocycles. The van der Waals surface area contributed by atoms with E-state index in [1.165, 1.54) is 24.3 Å². The lowest BCUT2D eigenvalue weighted by Gasteiger charge is -2.38. The summed E-state index contributed by atoms with van der Waals surface area (Å²) in [5.74, 6) is -0.493. The normalized spacial score (nSPS) is 20.0. The van der Waals surface area contributed by atoms with E-state index in [0.717, 1.165) is 30.6 Å². The molecule has 0 spiro atoms. The Kier molecular flexibility index (Phi) is 5.56. The SMILES string of the molecule is NCC1CN(C(Cc2ccc(F)cc2)c2ccc(F)cc2)CCO1. The van der Waals surface area contributed by atoms with Gasteiger partial charge in [-0.05, 0) is 41.8 Å². The summed E-state index contributed by atoms with van der Waals surface area (Å²) in [6, 6.07) is 13.2. The van der Waals surface area contributed by atoms with E-state index in [1.54, 1.807) is 12.1 Å². The Morgan fingerprint density at radius 2 is 1.67 bits per heavy atom. The maximum absolute atomic E-state index is 13.3. The molecule has 1 saturated heterocycles. The van der Waals surface area contributed by atoms with Gasteiger partial charge in [0, 0.05) is 25.7 Å². The maximum atomic E-state index is 13.3. The Bertz CT molecular complexity index is 645. The first kappa shape index (κ1) is 17.0. The molecule has 0 aliphatic carbocycles. The van der Waals surface area contributed by atoms with Crippen molar-refractivity contribution in [3.05, 3.63) is 71.3 Å². The van der Waals surface area contributed by atoms with Crippen molar-refractivity contribution in [3.8, 4) is 0 Å². The Hall–Kier alpha value is -1.82. The molecule has 0 radical (unpaired) electrons. The summed E-state index contributed by atoms with van der Waals surface area (Å²) >= 11 is 0. The first-order valence-corrected chi connectivity index (χ1v) is 8.21. The summed E-state index contributed by atoms with van der Waals surface area (Å²) in [6.07, 6.45) is 0.735. The van der Waals surface area contributed by atoms with Crippen LogP contribution >= 0.6 is 0 Å². The summed E-state index contributed by atoms with van der Waals surface area (Å²) in [4.78, 5) is 2.32. The highest BCUT2D eigenvalue weighted by molar-refractivity contribution is 5.25. The topological polar surface area (TPSA) is 38.5 Å². The van der Waals surface area contributed by atoms with Gasteiger partial charge in [-0.15, -0.1) is 0 Å². The van der Waals surface area contributed by atoms with Crippen LogP contribution in [0.2, 0.25) is 0 Å². The predicted molar refractivity (Wildman–Crippen MR) is 89.6 cm³/mol. The fraction of sp³-hybridized carbons (Fsp3) is 0.368. The lowest BCUT2D eigenvalue weighted by Crippen LogP contribution is -2.47. The molecule has 1 aliphatic rings. The molecule has 1 fully saturated rings. The quantitative estimate of drug-likeness (QED) is 0.915. The van der Waals surface area contributed by atoms with Crippen molar-refractivity contribution in [1.29, 1.82) is 0 Å². The van der Waals surface area contributed by atoms with Gasteiger partial charge in [-0.3, -0.25) is 4.90 Å². The van der Waals surface area contributed by atoms with Gasteiger partial charge in [0.1, 0.15) is 11.6 Å². The molecule has 1 heterocycles. The van der Waals surface area contributed by atoms with Crippen molar-refractivity contribution in [2.75, 3.05) is 26.2 Å². The van der Waals surface area contributed by atoms with E-state index in [9.17, 15) is 8.78 Å². The third-order valence-electron chi connectivity index (χ3n) is 4.47. The number of hydrogen-bond donors (Lipinski definition) is 1. The summed E-state index contributed by atoms with van der Waals surface area (Å²) in [5, 5.41) is 0. The average Bonchev–Trinajstić information content (AvgIpc) is 2.62. The summed E-state index contributed by atoms with van der Waals surface area (Å²) in [7, 11) is 0. The zero-order chi connectivity index (χ0) is 16.9. The minimum atomic E-state index is -0.249. The Balaban J connectivity index is 1.85.